The quantitative estimate of drug-likeness (QED) is 0.902. The Hall–Kier alpha value is -1.91. The van der Waals surface area contributed by atoms with Gasteiger partial charge in [-0.2, -0.15) is 5.26 Å². The van der Waals surface area contributed by atoms with E-state index in [1.165, 1.54) is 24.3 Å². The van der Waals surface area contributed by atoms with E-state index in [2.05, 4.69) is 4.72 Å². The van der Waals surface area contributed by atoms with E-state index in [1.54, 1.807) is 4.90 Å². The van der Waals surface area contributed by atoms with Gasteiger partial charge in [0.25, 0.3) is 0 Å². The minimum Gasteiger partial charge on any atom is -0.341 e. The first-order valence-electron chi connectivity index (χ1n) is 7.65. The van der Waals surface area contributed by atoms with Crippen LogP contribution < -0.4 is 4.72 Å². The van der Waals surface area contributed by atoms with E-state index in [1.807, 2.05) is 19.9 Å². The Kier molecular flexibility index (Phi) is 5.39. The second kappa shape index (κ2) is 7.11. The van der Waals surface area contributed by atoms with Gasteiger partial charge in [-0.3, -0.25) is 4.79 Å². The Morgan fingerprint density at radius 2 is 2.00 bits per heavy atom. The lowest BCUT2D eigenvalue weighted by molar-refractivity contribution is -0.135. The Balaban J connectivity index is 2.07. The van der Waals surface area contributed by atoms with Crippen LogP contribution in [0.3, 0.4) is 0 Å². The molecule has 0 radical (unpaired) electrons. The van der Waals surface area contributed by atoms with Crippen molar-refractivity contribution >= 4 is 15.9 Å². The molecule has 1 aromatic rings. The number of nitrogens with one attached hydrogen (secondary N) is 1. The SMILES string of the molecule is CC(C)C(=O)N1CCC[C@H](NS(=O)(=O)c2ccc(C#N)cc2)C1. The van der Waals surface area contributed by atoms with Gasteiger partial charge in [0.05, 0.1) is 16.5 Å². The van der Waals surface area contributed by atoms with Crippen molar-refractivity contribution < 1.29 is 13.2 Å². The van der Waals surface area contributed by atoms with Crippen LogP contribution in [0.1, 0.15) is 32.3 Å². The van der Waals surface area contributed by atoms with E-state index in [0.29, 0.717) is 25.1 Å². The molecule has 1 N–H and O–H groups in total. The number of benzene rings is 1. The molecule has 1 amide bonds. The molecule has 1 aromatic carbocycles. The second-order valence-corrected chi connectivity index (χ2v) is 7.75. The molecule has 124 valence electrons. The van der Waals surface area contributed by atoms with Gasteiger partial charge in [-0.25, -0.2) is 13.1 Å². The molecule has 1 atom stereocenters. The average Bonchev–Trinajstić information content (AvgIpc) is 2.54. The van der Waals surface area contributed by atoms with Crippen molar-refractivity contribution in [2.75, 3.05) is 13.1 Å². The molecule has 1 aliphatic heterocycles. The van der Waals surface area contributed by atoms with Crippen molar-refractivity contribution in [3.05, 3.63) is 29.8 Å². The molecule has 0 spiro atoms. The van der Waals surface area contributed by atoms with Gasteiger partial charge < -0.3 is 4.90 Å². The van der Waals surface area contributed by atoms with Gasteiger partial charge in [-0.1, -0.05) is 13.8 Å². The third-order valence-corrected chi connectivity index (χ3v) is 5.38. The summed E-state index contributed by atoms with van der Waals surface area (Å²) in [5, 5.41) is 8.77. The van der Waals surface area contributed by atoms with Gasteiger partial charge >= 0.3 is 0 Å². The van der Waals surface area contributed by atoms with Gasteiger partial charge in [0.2, 0.25) is 15.9 Å². The van der Waals surface area contributed by atoms with Crippen molar-refractivity contribution in [2.24, 2.45) is 5.92 Å². The van der Waals surface area contributed by atoms with Gasteiger partial charge in [0, 0.05) is 25.0 Å². The Morgan fingerprint density at radius 1 is 1.35 bits per heavy atom. The summed E-state index contributed by atoms with van der Waals surface area (Å²) >= 11 is 0. The number of hydrogen-bond donors (Lipinski definition) is 1. The summed E-state index contributed by atoms with van der Waals surface area (Å²) in [7, 11) is -3.65. The highest BCUT2D eigenvalue weighted by molar-refractivity contribution is 7.89. The summed E-state index contributed by atoms with van der Waals surface area (Å²) < 4.78 is 27.5. The van der Waals surface area contributed by atoms with Crippen LogP contribution in [0.15, 0.2) is 29.2 Å². The lowest BCUT2D eigenvalue weighted by atomic mass is 10.0. The number of hydrogen-bond acceptors (Lipinski definition) is 4. The van der Waals surface area contributed by atoms with Crippen molar-refractivity contribution in [1.82, 2.24) is 9.62 Å². The number of likely N-dealkylation sites (tertiary alicyclic amines) is 1. The highest BCUT2D eigenvalue weighted by atomic mass is 32.2. The van der Waals surface area contributed by atoms with Gasteiger partial charge in [-0.05, 0) is 37.1 Å². The maximum atomic E-state index is 12.4. The topological polar surface area (TPSA) is 90.3 Å². The third-order valence-electron chi connectivity index (χ3n) is 3.84. The Bertz CT molecular complexity index is 705. The van der Waals surface area contributed by atoms with Crippen LogP contribution in [-0.4, -0.2) is 38.4 Å². The fraction of sp³-hybridized carbons (Fsp3) is 0.500. The molecule has 1 saturated heterocycles. The van der Waals surface area contributed by atoms with Gasteiger partial charge in [0.15, 0.2) is 0 Å². The zero-order valence-corrected chi connectivity index (χ0v) is 14.1. The van der Waals surface area contributed by atoms with E-state index in [-0.39, 0.29) is 22.8 Å². The third kappa shape index (κ3) is 4.30. The maximum absolute atomic E-state index is 12.4. The largest absolute Gasteiger partial charge is 0.341 e. The van der Waals surface area contributed by atoms with E-state index in [9.17, 15) is 13.2 Å². The molecule has 0 saturated carbocycles. The van der Waals surface area contributed by atoms with Gasteiger partial charge in [0.1, 0.15) is 0 Å². The first-order chi connectivity index (χ1) is 10.8. The Labute approximate surface area is 137 Å². The number of nitriles is 1. The number of sulfonamides is 1. The minimum absolute atomic E-state index is 0.0484. The summed E-state index contributed by atoms with van der Waals surface area (Å²) in [4.78, 5) is 13.9. The molecule has 0 bridgehead atoms. The maximum Gasteiger partial charge on any atom is 0.240 e. The predicted molar refractivity (Wildman–Crippen MR) is 85.9 cm³/mol. The number of rotatable bonds is 4. The zero-order valence-electron chi connectivity index (χ0n) is 13.3. The fourth-order valence-electron chi connectivity index (χ4n) is 2.63. The van der Waals surface area contributed by atoms with Crippen LogP contribution in [-0.2, 0) is 14.8 Å². The molecule has 0 aromatic heterocycles. The van der Waals surface area contributed by atoms with Crippen LogP contribution in [0.4, 0.5) is 0 Å². The smallest absolute Gasteiger partial charge is 0.240 e. The van der Waals surface area contributed by atoms with E-state index >= 15 is 0 Å². The molecule has 1 heterocycles. The standard InChI is InChI=1S/C16H21N3O3S/c1-12(2)16(20)19-9-3-4-14(11-19)18-23(21,22)15-7-5-13(10-17)6-8-15/h5-8,12,14,18H,3-4,9,11H2,1-2H3/t14-/m0/s1. The van der Waals surface area contributed by atoms with Crippen LogP contribution >= 0.6 is 0 Å². The fourth-order valence-corrected chi connectivity index (χ4v) is 3.90. The first-order valence-corrected chi connectivity index (χ1v) is 9.13. The van der Waals surface area contributed by atoms with E-state index in [4.69, 9.17) is 5.26 Å². The lowest BCUT2D eigenvalue weighted by Crippen LogP contribution is -2.50. The molecule has 1 aliphatic rings. The van der Waals surface area contributed by atoms with E-state index < -0.39 is 10.0 Å². The number of carbonyl (C=O) groups is 1. The molecule has 7 heteroatoms. The number of piperidine rings is 1. The predicted octanol–water partition coefficient (Wildman–Crippen LogP) is 1.48. The molecule has 6 nitrogen and oxygen atoms in total. The minimum atomic E-state index is -3.65. The normalized spacial score (nSPS) is 18.7. The number of carbonyl (C=O) groups excluding carboxylic acids is 1. The second-order valence-electron chi connectivity index (χ2n) is 6.04. The highest BCUT2D eigenvalue weighted by Crippen LogP contribution is 2.16. The molecule has 1 fully saturated rings. The van der Waals surface area contributed by atoms with Gasteiger partial charge in [-0.15, -0.1) is 0 Å². The van der Waals surface area contributed by atoms with E-state index in [0.717, 1.165) is 6.42 Å². The first kappa shape index (κ1) is 17.4. The molecular weight excluding hydrogens is 314 g/mol. The van der Waals surface area contributed by atoms with Crippen LogP contribution in [0.25, 0.3) is 0 Å². The number of nitrogens with zero attached hydrogens (tertiary/aromatic N) is 2. The summed E-state index contributed by atoms with van der Waals surface area (Å²) in [6, 6.07) is 7.46. The molecule has 0 unspecified atom stereocenters. The van der Waals surface area contributed by atoms with Crippen molar-refractivity contribution in [1.29, 1.82) is 5.26 Å². The molecule has 2 rings (SSSR count). The van der Waals surface area contributed by atoms with Crippen molar-refractivity contribution in [3.63, 3.8) is 0 Å². The Morgan fingerprint density at radius 3 is 2.57 bits per heavy atom. The summed E-state index contributed by atoms with van der Waals surface area (Å²) in [6.45, 7) is 4.75. The summed E-state index contributed by atoms with van der Waals surface area (Å²) in [6.07, 6.45) is 1.48. The van der Waals surface area contributed by atoms with Crippen LogP contribution in [0, 0.1) is 17.2 Å². The average molecular weight is 335 g/mol. The van der Waals surface area contributed by atoms with Crippen LogP contribution in [0.5, 0.6) is 0 Å². The zero-order chi connectivity index (χ0) is 17.0. The summed E-state index contributed by atoms with van der Waals surface area (Å²) in [5.41, 5.74) is 0.412. The van der Waals surface area contributed by atoms with Crippen LogP contribution in [0.2, 0.25) is 0 Å². The summed E-state index contributed by atoms with van der Waals surface area (Å²) in [5.74, 6) is -0.0452. The van der Waals surface area contributed by atoms with Crippen molar-refractivity contribution in [3.8, 4) is 6.07 Å². The monoisotopic (exact) mass is 335 g/mol. The lowest BCUT2D eigenvalue weighted by Gasteiger charge is -2.34. The molecule has 0 aliphatic carbocycles. The molecule has 23 heavy (non-hydrogen) atoms. The number of amides is 1. The molecular formula is C16H21N3O3S. The van der Waals surface area contributed by atoms with Crippen molar-refractivity contribution in [2.45, 2.75) is 37.6 Å². The highest BCUT2D eigenvalue weighted by Gasteiger charge is 2.28.